The zero-order valence-corrected chi connectivity index (χ0v) is 22.7. The van der Waals surface area contributed by atoms with Gasteiger partial charge in [0.15, 0.2) is 11.6 Å². The van der Waals surface area contributed by atoms with Gasteiger partial charge >= 0.3 is 0 Å². The van der Waals surface area contributed by atoms with Gasteiger partial charge in [-0.1, -0.05) is 13.8 Å². The molecule has 4 aromatic rings. The fourth-order valence-electron chi connectivity index (χ4n) is 5.42. The normalized spacial score (nSPS) is 15.2. The second-order valence-electron chi connectivity index (χ2n) is 10.9. The van der Waals surface area contributed by atoms with Gasteiger partial charge in [0.25, 0.3) is 0 Å². The second-order valence-corrected chi connectivity index (χ2v) is 10.9. The lowest BCUT2D eigenvalue weighted by Gasteiger charge is -2.33. The number of aryl methyl sites for hydroxylation is 1. The molecule has 0 amide bonds. The minimum Gasteiger partial charge on any atom is -0.326 e. The van der Waals surface area contributed by atoms with Gasteiger partial charge in [0.05, 0.1) is 29.3 Å². The van der Waals surface area contributed by atoms with Crippen LogP contribution in [0.25, 0.3) is 22.3 Å². The molecule has 0 spiro atoms. The van der Waals surface area contributed by atoms with Gasteiger partial charge in [-0.3, -0.25) is 9.88 Å². The zero-order valence-electron chi connectivity index (χ0n) is 22.7. The van der Waals surface area contributed by atoms with E-state index >= 15 is 0 Å². The predicted molar refractivity (Wildman–Crippen MR) is 146 cm³/mol. The Bertz CT molecular complexity index is 1420. The number of benzene rings is 1. The maximum atomic E-state index is 15.0. The minimum absolute atomic E-state index is 0.0202. The van der Waals surface area contributed by atoms with Gasteiger partial charge in [0.1, 0.15) is 17.0 Å². The Kier molecular flexibility index (Phi) is 7.38. The fraction of sp³-hybridized carbons (Fsp3) is 0.448. The third-order valence-corrected chi connectivity index (χ3v) is 7.50. The Labute approximate surface area is 222 Å². The molecule has 0 aliphatic carbocycles. The molecule has 1 aliphatic rings. The monoisotopic (exact) mass is 519 g/mol. The van der Waals surface area contributed by atoms with Crippen LogP contribution in [0.2, 0.25) is 0 Å². The van der Waals surface area contributed by atoms with Crippen LogP contribution in [0.1, 0.15) is 58.1 Å². The van der Waals surface area contributed by atoms with Crippen molar-refractivity contribution in [3.05, 3.63) is 59.8 Å². The number of anilines is 2. The Morgan fingerprint density at radius 2 is 1.74 bits per heavy atom. The van der Waals surface area contributed by atoms with E-state index in [2.05, 4.69) is 44.0 Å². The molecule has 4 heterocycles. The molecular weight excluding hydrogens is 484 g/mol. The van der Waals surface area contributed by atoms with E-state index in [1.807, 2.05) is 37.5 Å². The first-order chi connectivity index (χ1) is 18.2. The SMILES string of the molecule is Cc1nc2c(F)cc(-c3nc(Nc4ccc(CN5CCC(C(C)C)CC5)nc4)ncc3F)cc2n1C(C)C. The van der Waals surface area contributed by atoms with E-state index in [9.17, 15) is 8.78 Å². The molecule has 38 heavy (non-hydrogen) atoms. The maximum Gasteiger partial charge on any atom is 0.227 e. The molecule has 0 atom stereocenters. The molecule has 1 saturated heterocycles. The number of nitrogens with one attached hydrogen (secondary N) is 1. The summed E-state index contributed by atoms with van der Waals surface area (Å²) >= 11 is 0. The molecule has 0 bridgehead atoms. The number of imidazole rings is 1. The first-order valence-electron chi connectivity index (χ1n) is 13.3. The summed E-state index contributed by atoms with van der Waals surface area (Å²) in [6, 6.07) is 6.98. The fourth-order valence-corrected chi connectivity index (χ4v) is 5.42. The second kappa shape index (κ2) is 10.7. The number of hydrogen-bond acceptors (Lipinski definition) is 6. The van der Waals surface area contributed by atoms with Crippen LogP contribution in [0.3, 0.4) is 0 Å². The van der Waals surface area contributed by atoms with Crippen molar-refractivity contribution < 1.29 is 8.78 Å². The first-order valence-corrected chi connectivity index (χ1v) is 13.3. The lowest BCUT2D eigenvalue weighted by molar-refractivity contribution is 0.150. The van der Waals surface area contributed by atoms with Crippen molar-refractivity contribution in [3.63, 3.8) is 0 Å². The van der Waals surface area contributed by atoms with E-state index < -0.39 is 11.6 Å². The molecule has 1 aliphatic heterocycles. The molecule has 7 nitrogen and oxygen atoms in total. The highest BCUT2D eigenvalue weighted by molar-refractivity contribution is 5.83. The molecule has 0 saturated carbocycles. The number of nitrogens with zero attached hydrogens (tertiary/aromatic N) is 6. The van der Waals surface area contributed by atoms with Gasteiger partial charge < -0.3 is 9.88 Å². The summed E-state index contributed by atoms with van der Waals surface area (Å²) in [6.45, 7) is 13.5. The molecule has 3 aromatic heterocycles. The summed E-state index contributed by atoms with van der Waals surface area (Å²) in [5, 5.41) is 3.10. The van der Waals surface area contributed by atoms with E-state index in [1.54, 1.807) is 12.3 Å². The molecule has 0 unspecified atom stereocenters. The van der Waals surface area contributed by atoms with Gasteiger partial charge in [-0.05, 0) is 82.8 Å². The number of hydrogen-bond donors (Lipinski definition) is 1. The number of piperidine rings is 1. The average Bonchev–Trinajstić information content (AvgIpc) is 3.23. The van der Waals surface area contributed by atoms with E-state index in [4.69, 9.17) is 0 Å². The summed E-state index contributed by atoms with van der Waals surface area (Å²) in [4.78, 5) is 19.9. The van der Waals surface area contributed by atoms with Crippen molar-refractivity contribution in [3.8, 4) is 11.3 Å². The first kappa shape index (κ1) is 26.2. The Hall–Kier alpha value is -3.46. The van der Waals surface area contributed by atoms with Crippen molar-refractivity contribution in [2.24, 2.45) is 11.8 Å². The molecule has 1 fully saturated rings. The van der Waals surface area contributed by atoms with Crippen molar-refractivity contribution in [2.75, 3.05) is 18.4 Å². The Morgan fingerprint density at radius 1 is 0.974 bits per heavy atom. The number of aromatic nitrogens is 5. The van der Waals surface area contributed by atoms with Crippen molar-refractivity contribution in [1.29, 1.82) is 0 Å². The number of fused-ring (bicyclic) bond motifs is 1. The van der Waals surface area contributed by atoms with Crippen LogP contribution in [0.4, 0.5) is 20.4 Å². The van der Waals surface area contributed by atoms with E-state index in [-0.39, 0.29) is 23.2 Å². The molecule has 5 rings (SSSR count). The Balaban J connectivity index is 1.33. The highest BCUT2D eigenvalue weighted by Crippen LogP contribution is 2.31. The maximum absolute atomic E-state index is 15.0. The van der Waals surface area contributed by atoms with E-state index in [1.165, 1.54) is 18.9 Å². The van der Waals surface area contributed by atoms with Gasteiger partial charge in [-0.2, -0.15) is 0 Å². The lowest BCUT2D eigenvalue weighted by Crippen LogP contribution is -2.34. The van der Waals surface area contributed by atoms with Gasteiger partial charge in [-0.15, -0.1) is 0 Å². The van der Waals surface area contributed by atoms with Crippen LogP contribution >= 0.6 is 0 Å². The van der Waals surface area contributed by atoms with Crippen molar-refractivity contribution in [2.45, 2.75) is 60.0 Å². The molecule has 0 radical (unpaired) electrons. The third-order valence-electron chi connectivity index (χ3n) is 7.50. The molecule has 1 aromatic carbocycles. The van der Waals surface area contributed by atoms with Crippen LogP contribution in [-0.4, -0.2) is 42.5 Å². The largest absolute Gasteiger partial charge is 0.326 e. The average molecular weight is 520 g/mol. The van der Waals surface area contributed by atoms with Crippen LogP contribution in [0.15, 0.2) is 36.7 Å². The molecule has 9 heteroatoms. The number of rotatable bonds is 7. The van der Waals surface area contributed by atoms with Gasteiger partial charge in [0, 0.05) is 18.2 Å². The summed E-state index contributed by atoms with van der Waals surface area (Å²) < 4.78 is 31.7. The van der Waals surface area contributed by atoms with Gasteiger partial charge in [0.2, 0.25) is 5.95 Å². The van der Waals surface area contributed by atoms with Crippen LogP contribution in [-0.2, 0) is 6.54 Å². The van der Waals surface area contributed by atoms with Crippen LogP contribution in [0.5, 0.6) is 0 Å². The Morgan fingerprint density at radius 3 is 2.39 bits per heavy atom. The van der Waals surface area contributed by atoms with E-state index in [0.717, 1.165) is 43.4 Å². The highest BCUT2D eigenvalue weighted by atomic mass is 19.1. The minimum atomic E-state index is -0.628. The number of likely N-dealkylation sites (tertiary alicyclic amines) is 1. The summed E-state index contributed by atoms with van der Waals surface area (Å²) in [7, 11) is 0. The number of halogens is 2. The van der Waals surface area contributed by atoms with Crippen molar-refractivity contribution in [1.82, 2.24) is 29.4 Å². The zero-order chi connectivity index (χ0) is 27.0. The van der Waals surface area contributed by atoms with Crippen molar-refractivity contribution >= 4 is 22.7 Å². The molecule has 200 valence electrons. The standard InChI is InChI=1S/C29H35F2N7/c1-17(2)20-8-10-37(11-9-20)16-23-7-6-22(14-32-23)35-29-33-15-25(31)27(36-29)21-12-24(30)28-26(13-21)38(18(3)4)19(5)34-28/h6-7,12-15,17-18,20H,8-11,16H2,1-5H3,(H,33,35,36). The van der Waals surface area contributed by atoms with Gasteiger partial charge in [-0.25, -0.2) is 23.7 Å². The number of pyridine rings is 1. The van der Waals surface area contributed by atoms with E-state index in [0.29, 0.717) is 22.6 Å². The topological polar surface area (TPSA) is 71.8 Å². The summed E-state index contributed by atoms with van der Waals surface area (Å²) in [6.07, 6.45) is 5.30. The van der Waals surface area contributed by atoms with Crippen LogP contribution in [0, 0.1) is 30.4 Å². The molecule has 1 N–H and O–H groups in total. The summed E-state index contributed by atoms with van der Waals surface area (Å²) in [5.41, 5.74) is 2.91. The van der Waals surface area contributed by atoms with Crippen LogP contribution < -0.4 is 5.32 Å². The smallest absolute Gasteiger partial charge is 0.227 e. The lowest BCUT2D eigenvalue weighted by atomic mass is 9.87. The predicted octanol–water partition coefficient (Wildman–Crippen LogP) is 6.67. The summed E-state index contributed by atoms with van der Waals surface area (Å²) in [5.74, 6) is 1.32. The third kappa shape index (κ3) is 5.38. The quantitative estimate of drug-likeness (QED) is 0.294. The highest BCUT2D eigenvalue weighted by Gasteiger charge is 2.22. The molecular formula is C29H35F2N7.